The molecule has 0 aromatic heterocycles. The molecule has 1 aromatic carbocycles. The highest BCUT2D eigenvalue weighted by molar-refractivity contribution is 9.10. The number of hydrogen-bond donors (Lipinski definition) is 0. The zero-order valence-corrected chi connectivity index (χ0v) is 8.69. The third kappa shape index (κ3) is 1.41. The molecule has 62 valence electrons. The van der Waals surface area contributed by atoms with Crippen molar-refractivity contribution in [2.24, 2.45) is 4.99 Å². The van der Waals surface area contributed by atoms with Crippen molar-refractivity contribution in [2.45, 2.75) is 12.8 Å². The Hall–Kier alpha value is -0.340. The molecule has 0 fully saturated rings. The predicted octanol–water partition coefficient (Wildman–Crippen LogP) is 3.75. The van der Waals surface area contributed by atoms with Gasteiger partial charge in [0.05, 0.1) is 5.69 Å². The highest BCUT2D eigenvalue weighted by Gasteiger charge is 2.10. The maximum Gasteiger partial charge on any atom is 0.0683 e. The fourth-order valence-electron chi connectivity index (χ4n) is 1.32. The molecule has 1 nitrogen and oxygen atoms in total. The van der Waals surface area contributed by atoms with E-state index in [1.165, 1.54) is 5.56 Å². The molecular formula is C9H7BrClN. The van der Waals surface area contributed by atoms with Crippen molar-refractivity contribution >= 4 is 39.4 Å². The summed E-state index contributed by atoms with van der Waals surface area (Å²) in [6, 6.07) is 3.91. The summed E-state index contributed by atoms with van der Waals surface area (Å²) in [5.74, 6) is 0. The lowest BCUT2D eigenvalue weighted by Gasteiger charge is -2.11. The quantitative estimate of drug-likeness (QED) is 0.659. The van der Waals surface area contributed by atoms with Gasteiger partial charge in [-0.2, -0.15) is 0 Å². The number of nitrogens with zero attached hydrogens (tertiary/aromatic N) is 1. The van der Waals surface area contributed by atoms with Crippen LogP contribution in [0.1, 0.15) is 12.0 Å². The average Bonchev–Trinajstić information content (AvgIpc) is 2.04. The Labute approximate surface area is 84.6 Å². The minimum atomic E-state index is 0.816. The lowest BCUT2D eigenvalue weighted by Crippen LogP contribution is -1.94. The molecule has 0 spiro atoms. The molecular weight excluding hydrogens is 237 g/mol. The first-order valence-electron chi connectivity index (χ1n) is 3.78. The van der Waals surface area contributed by atoms with E-state index in [1.807, 2.05) is 18.3 Å². The van der Waals surface area contributed by atoms with Crippen LogP contribution in [0.5, 0.6) is 0 Å². The number of aliphatic imine (C=N–C) groups is 1. The van der Waals surface area contributed by atoms with E-state index < -0.39 is 0 Å². The second kappa shape index (κ2) is 3.19. The van der Waals surface area contributed by atoms with Crippen LogP contribution in [0.25, 0.3) is 0 Å². The molecule has 0 aliphatic carbocycles. The average molecular weight is 245 g/mol. The van der Waals surface area contributed by atoms with Crippen molar-refractivity contribution in [3.8, 4) is 0 Å². The van der Waals surface area contributed by atoms with Crippen LogP contribution in [0.15, 0.2) is 21.6 Å². The largest absolute Gasteiger partial charge is 0.261 e. The fourth-order valence-corrected chi connectivity index (χ4v) is 2.21. The van der Waals surface area contributed by atoms with Crippen LogP contribution in [0.2, 0.25) is 5.02 Å². The first-order chi connectivity index (χ1) is 5.77. The first-order valence-corrected chi connectivity index (χ1v) is 4.95. The van der Waals surface area contributed by atoms with Crippen molar-refractivity contribution < 1.29 is 0 Å². The van der Waals surface area contributed by atoms with Crippen molar-refractivity contribution in [3.05, 3.63) is 27.2 Å². The van der Waals surface area contributed by atoms with E-state index in [2.05, 4.69) is 20.9 Å². The third-order valence-corrected chi connectivity index (χ3v) is 2.69. The molecule has 0 saturated heterocycles. The van der Waals surface area contributed by atoms with Crippen LogP contribution in [-0.4, -0.2) is 6.21 Å². The molecule has 0 radical (unpaired) electrons. The summed E-state index contributed by atoms with van der Waals surface area (Å²) in [6.07, 6.45) is 3.93. The van der Waals surface area contributed by atoms with E-state index in [4.69, 9.17) is 11.6 Å². The van der Waals surface area contributed by atoms with Gasteiger partial charge in [-0.1, -0.05) is 27.5 Å². The third-order valence-electron chi connectivity index (χ3n) is 1.89. The van der Waals surface area contributed by atoms with Crippen molar-refractivity contribution in [1.82, 2.24) is 0 Å². The summed E-state index contributed by atoms with van der Waals surface area (Å²) < 4.78 is 0.991. The predicted molar refractivity (Wildman–Crippen MR) is 55.6 cm³/mol. The Kier molecular flexibility index (Phi) is 2.20. The minimum Gasteiger partial charge on any atom is -0.261 e. The number of hydrogen-bond acceptors (Lipinski definition) is 1. The monoisotopic (exact) mass is 243 g/mol. The van der Waals surface area contributed by atoms with E-state index in [-0.39, 0.29) is 0 Å². The van der Waals surface area contributed by atoms with Gasteiger partial charge in [-0.3, -0.25) is 4.99 Å². The normalized spacial score (nSPS) is 14.5. The van der Waals surface area contributed by atoms with E-state index in [0.717, 1.165) is 28.0 Å². The number of fused-ring (bicyclic) bond motifs is 1. The van der Waals surface area contributed by atoms with Crippen molar-refractivity contribution in [1.29, 1.82) is 0 Å². The van der Waals surface area contributed by atoms with E-state index >= 15 is 0 Å². The summed E-state index contributed by atoms with van der Waals surface area (Å²) in [4.78, 5) is 4.28. The first kappa shape index (κ1) is 8.27. The molecule has 1 aromatic rings. The molecule has 0 bridgehead atoms. The second-order valence-electron chi connectivity index (χ2n) is 2.74. The molecule has 0 unspecified atom stereocenters. The smallest absolute Gasteiger partial charge is 0.0683 e. The van der Waals surface area contributed by atoms with E-state index in [0.29, 0.717) is 0 Å². The molecule has 0 atom stereocenters. The van der Waals surface area contributed by atoms with Gasteiger partial charge < -0.3 is 0 Å². The summed E-state index contributed by atoms with van der Waals surface area (Å²) in [6.45, 7) is 0. The van der Waals surface area contributed by atoms with Gasteiger partial charge in [-0.15, -0.1) is 0 Å². The zero-order chi connectivity index (χ0) is 8.55. The number of benzene rings is 1. The highest BCUT2D eigenvalue weighted by Crippen LogP contribution is 2.33. The van der Waals surface area contributed by atoms with Crippen LogP contribution in [-0.2, 0) is 6.42 Å². The molecule has 12 heavy (non-hydrogen) atoms. The van der Waals surface area contributed by atoms with Crippen molar-refractivity contribution in [2.75, 3.05) is 0 Å². The number of halogens is 2. The minimum absolute atomic E-state index is 0.816. The molecule has 1 aliphatic heterocycles. The van der Waals surface area contributed by atoms with Gasteiger partial charge in [-0.05, 0) is 30.5 Å². The standard InChI is InChI=1S/C9H7BrClN/c10-6-4-8(11)7-2-1-3-12-9(7)5-6/h3-5H,1-2H2. The Morgan fingerprint density at radius 1 is 1.42 bits per heavy atom. The molecule has 3 heteroatoms. The maximum absolute atomic E-state index is 6.04. The van der Waals surface area contributed by atoms with Crippen LogP contribution >= 0.6 is 27.5 Å². The van der Waals surface area contributed by atoms with Crippen LogP contribution in [0, 0.1) is 0 Å². The summed E-state index contributed by atoms with van der Waals surface area (Å²) in [7, 11) is 0. The molecule has 0 amide bonds. The van der Waals surface area contributed by atoms with Crippen LogP contribution < -0.4 is 0 Å². The van der Waals surface area contributed by atoms with Gasteiger partial charge in [0.25, 0.3) is 0 Å². The fraction of sp³-hybridized carbons (Fsp3) is 0.222. The Balaban J connectivity index is 2.62. The Bertz CT molecular complexity index is 347. The van der Waals surface area contributed by atoms with E-state index in [9.17, 15) is 0 Å². The Morgan fingerprint density at radius 2 is 2.25 bits per heavy atom. The summed E-state index contributed by atoms with van der Waals surface area (Å²) in [5, 5.41) is 0.816. The maximum atomic E-state index is 6.04. The summed E-state index contributed by atoms with van der Waals surface area (Å²) >= 11 is 9.43. The van der Waals surface area contributed by atoms with Gasteiger partial charge in [0.15, 0.2) is 0 Å². The van der Waals surface area contributed by atoms with Crippen molar-refractivity contribution in [3.63, 3.8) is 0 Å². The second-order valence-corrected chi connectivity index (χ2v) is 4.06. The van der Waals surface area contributed by atoms with Gasteiger partial charge >= 0.3 is 0 Å². The van der Waals surface area contributed by atoms with Crippen LogP contribution in [0.4, 0.5) is 5.69 Å². The lowest BCUT2D eigenvalue weighted by molar-refractivity contribution is 1.03. The molecule has 1 heterocycles. The molecule has 0 N–H and O–H groups in total. The summed E-state index contributed by atoms with van der Waals surface area (Å²) in [5.41, 5.74) is 2.17. The van der Waals surface area contributed by atoms with Gasteiger partial charge in [0, 0.05) is 15.7 Å². The number of rotatable bonds is 0. The SMILES string of the molecule is Clc1cc(Br)cc2c1CCC=N2. The lowest BCUT2D eigenvalue weighted by atomic mass is 10.1. The zero-order valence-electron chi connectivity index (χ0n) is 6.35. The molecule has 1 aliphatic rings. The van der Waals surface area contributed by atoms with Gasteiger partial charge in [-0.25, -0.2) is 0 Å². The van der Waals surface area contributed by atoms with Crippen LogP contribution in [0.3, 0.4) is 0 Å². The topological polar surface area (TPSA) is 12.4 Å². The molecule has 2 rings (SSSR count). The van der Waals surface area contributed by atoms with Gasteiger partial charge in [0.1, 0.15) is 0 Å². The van der Waals surface area contributed by atoms with E-state index in [1.54, 1.807) is 0 Å². The highest BCUT2D eigenvalue weighted by atomic mass is 79.9. The van der Waals surface area contributed by atoms with Gasteiger partial charge in [0.2, 0.25) is 0 Å². The Morgan fingerprint density at radius 3 is 3.08 bits per heavy atom. The molecule has 0 saturated carbocycles.